The van der Waals surface area contributed by atoms with Crippen molar-refractivity contribution in [1.29, 1.82) is 0 Å². The Morgan fingerprint density at radius 2 is 1.81 bits per heavy atom. The fourth-order valence-corrected chi connectivity index (χ4v) is 4.04. The molecule has 0 aromatic rings. The van der Waals surface area contributed by atoms with Gasteiger partial charge in [-0.15, -0.1) is 0 Å². The van der Waals surface area contributed by atoms with E-state index in [1.807, 2.05) is 0 Å². The molecule has 3 nitrogen and oxygen atoms in total. The quantitative estimate of drug-likeness (QED) is 0.843. The van der Waals surface area contributed by atoms with Crippen LogP contribution in [-0.4, -0.2) is 49.3 Å². The van der Waals surface area contributed by atoms with Gasteiger partial charge in [0.1, 0.15) is 0 Å². The smallest absolute Gasteiger partial charge is 0.0674 e. The summed E-state index contributed by atoms with van der Waals surface area (Å²) in [4.78, 5) is 2.71. The molecule has 0 aromatic heterocycles. The normalized spacial score (nSPS) is 42.1. The summed E-state index contributed by atoms with van der Waals surface area (Å²) in [5.74, 6) is 0.931. The van der Waals surface area contributed by atoms with Crippen LogP contribution >= 0.6 is 0 Å². The Hall–Kier alpha value is -0.120. The molecule has 0 bridgehead atoms. The molecule has 2 aliphatic carbocycles. The van der Waals surface area contributed by atoms with Crippen molar-refractivity contribution in [2.45, 2.75) is 77.5 Å². The molecule has 1 saturated heterocycles. The third-order valence-corrected chi connectivity index (χ3v) is 5.95. The summed E-state index contributed by atoms with van der Waals surface area (Å²) in [5.41, 5.74) is 0.514. The van der Waals surface area contributed by atoms with E-state index in [4.69, 9.17) is 4.74 Å². The van der Waals surface area contributed by atoms with Gasteiger partial charge >= 0.3 is 0 Å². The van der Waals surface area contributed by atoms with E-state index >= 15 is 0 Å². The zero-order valence-electron chi connectivity index (χ0n) is 14.2. The fraction of sp³-hybridized carbons (Fsp3) is 1.00. The van der Waals surface area contributed by atoms with E-state index < -0.39 is 0 Å². The van der Waals surface area contributed by atoms with Crippen molar-refractivity contribution in [3.8, 4) is 0 Å². The Kier molecular flexibility index (Phi) is 4.92. The van der Waals surface area contributed by atoms with Crippen molar-refractivity contribution in [3.63, 3.8) is 0 Å². The standard InChI is InChI=1S/C18H34N2O/c1-14-6-8-18(9-7-14,12-19-17-4-5-17)13-20-10-16(3)21-11-15(20)2/h14-17,19H,4-13H2,1-3H3. The van der Waals surface area contributed by atoms with Gasteiger partial charge in [0.2, 0.25) is 0 Å². The molecule has 3 heteroatoms. The molecule has 2 atom stereocenters. The summed E-state index contributed by atoms with van der Waals surface area (Å²) in [6.07, 6.45) is 8.85. The maximum Gasteiger partial charge on any atom is 0.0674 e. The second kappa shape index (κ2) is 6.55. The second-order valence-electron chi connectivity index (χ2n) is 8.26. The molecular weight excluding hydrogens is 260 g/mol. The first-order chi connectivity index (χ1) is 10.1. The zero-order chi connectivity index (χ0) is 14.9. The molecule has 0 amide bonds. The Morgan fingerprint density at radius 3 is 2.48 bits per heavy atom. The first-order valence-electron chi connectivity index (χ1n) is 9.15. The number of morpholine rings is 1. The summed E-state index contributed by atoms with van der Waals surface area (Å²) in [7, 11) is 0. The molecule has 1 heterocycles. The molecule has 21 heavy (non-hydrogen) atoms. The minimum absolute atomic E-state index is 0.400. The lowest BCUT2D eigenvalue weighted by molar-refractivity contribution is -0.0681. The highest BCUT2D eigenvalue weighted by molar-refractivity contribution is 4.94. The van der Waals surface area contributed by atoms with Crippen LogP contribution in [0.15, 0.2) is 0 Å². The van der Waals surface area contributed by atoms with Crippen LogP contribution in [0.3, 0.4) is 0 Å². The molecule has 0 spiro atoms. The number of nitrogens with zero attached hydrogens (tertiary/aromatic N) is 1. The van der Waals surface area contributed by atoms with Crippen LogP contribution < -0.4 is 5.32 Å². The number of ether oxygens (including phenoxy) is 1. The summed E-state index contributed by atoms with van der Waals surface area (Å²) in [6.45, 7) is 11.5. The number of hydrogen-bond acceptors (Lipinski definition) is 3. The average molecular weight is 294 g/mol. The lowest BCUT2D eigenvalue weighted by Gasteiger charge is -2.46. The van der Waals surface area contributed by atoms with Gasteiger partial charge in [0.05, 0.1) is 12.7 Å². The predicted octanol–water partition coefficient (Wildman–Crippen LogP) is 3.04. The molecule has 122 valence electrons. The van der Waals surface area contributed by atoms with Gasteiger partial charge in [-0.1, -0.05) is 19.8 Å². The fourth-order valence-electron chi connectivity index (χ4n) is 4.04. The topological polar surface area (TPSA) is 24.5 Å². The molecule has 3 fully saturated rings. The van der Waals surface area contributed by atoms with E-state index in [-0.39, 0.29) is 0 Å². The molecule has 1 aliphatic heterocycles. The molecular formula is C18H34N2O. The van der Waals surface area contributed by atoms with Gasteiger partial charge in [0.15, 0.2) is 0 Å². The average Bonchev–Trinajstić information content (AvgIpc) is 3.28. The van der Waals surface area contributed by atoms with Crippen LogP contribution in [0.2, 0.25) is 0 Å². The molecule has 3 rings (SSSR count). The Morgan fingerprint density at radius 1 is 1.10 bits per heavy atom. The highest BCUT2D eigenvalue weighted by Gasteiger charge is 2.39. The van der Waals surface area contributed by atoms with Gasteiger partial charge in [-0.3, -0.25) is 4.90 Å². The molecule has 2 saturated carbocycles. The lowest BCUT2D eigenvalue weighted by atomic mass is 9.70. The van der Waals surface area contributed by atoms with Gasteiger partial charge in [-0.05, 0) is 50.9 Å². The lowest BCUT2D eigenvalue weighted by Crippen LogP contribution is -2.54. The zero-order valence-corrected chi connectivity index (χ0v) is 14.2. The minimum atomic E-state index is 0.400. The molecule has 3 aliphatic rings. The summed E-state index contributed by atoms with van der Waals surface area (Å²) in [6, 6.07) is 1.42. The van der Waals surface area contributed by atoms with Crippen LogP contribution in [0, 0.1) is 11.3 Å². The van der Waals surface area contributed by atoms with E-state index in [0.29, 0.717) is 17.6 Å². The van der Waals surface area contributed by atoms with E-state index in [2.05, 4.69) is 31.0 Å². The number of rotatable bonds is 5. The van der Waals surface area contributed by atoms with Crippen LogP contribution in [0.1, 0.15) is 59.3 Å². The van der Waals surface area contributed by atoms with Gasteiger partial charge < -0.3 is 10.1 Å². The van der Waals surface area contributed by atoms with Crippen molar-refractivity contribution in [2.24, 2.45) is 11.3 Å². The summed E-state index contributed by atoms with van der Waals surface area (Å²) < 4.78 is 5.81. The third kappa shape index (κ3) is 4.20. The van der Waals surface area contributed by atoms with Crippen LogP contribution in [0.25, 0.3) is 0 Å². The van der Waals surface area contributed by atoms with Gasteiger partial charge in [0.25, 0.3) is 0 Å². The predicted molar refractivity (Wildman–Crippen MR) is 87.5 cm³/mol. The maximum absolute atomic E-state index is 5.81. The summed E-state index contributed by atoms with van der Waals surface area (Å²) in [5, 5.41) is 3.84. The van der Waals surface area contributed by atoms with E-state index in [0.717, 1.165) is 25.1 Å². The molecule has 0 aromatic carbocycles. The first-order valence-corrected chi connectivity index (χ1v) is 9.15. The number of hydrogen-bond donors (Lipinski definition) is 1. The van der Waals surface area contributed by atoms with Gasteiger partial charge in [-0.2, -0.15) is 0 Å². The Labute approximate surface area is 130 Å². The third-order valence-electron chi connectivity index (χ3n) is 5.95. The van der Waals surface area contributed by atoms with E-state index in [1.165, 1.54) is 51.6 Å². The van der Waals surface area contributed by atoms with E-state index in [9.17, 15) is 0 Å². The van der Waals surface area contributed by atoms with Crippen molar-refractivity contribution >= 4 is 0 Å². The van der Waals surface area contributed by atoms with Crippen molar-refractivity contribution < 1.29 is 4.74 Å². The molecule has 2 unspecified atom stereocenters. The second-order valence-corrected chi connectivity index (χ2v) is 8.26. The van der Waals surface area contributed by atoms with Crippen molar-refractivity contribution in [3.05, 3.63) is 0 Å². The number of nitrogens with one attached hydrogen (secondary N) is 1. The van der Waals surface area contributed by atoms with Crippen molar-refractivity contribution in [2.75, 3.05) is 26.2 Å². The first kappa shape index (κ1) is 15.8. The van der Waals surface area contributed by atoms with Crippen LogP contribution in [0.4, 0.5) is 0 Å². The summed E-state index contributed by atoms with van der Waals surface area (Å²) >= 11 is 0. The highest BCUT2D eigenvalue weighted by Crippen LogP contribution is 2.40. The van der Waals surface area contributed by atoms with E-state index in [1.54, 1.807) is 0 Å². The maximum atomic E-state index is 5.81. The monoisotopic (exact) mass is 294 g/mol. The van der Waals surface area contributed by atoms with Gasteiger partial charge in [0, 0.05) is 31.7 Å². The van der Waals surface area contributed by atoms with Gasteiger partial charge in [-0.25, -0.2) is 0 Å². The molecule has 0 radical (unpaired) electrons. The van der Waals surface area contributed by atoms with Crippen LogP contribution in [-0.2, 0) is 4.74 Å². The van der Waals surface area contributed by atoms with Crippen molar-refractivity contribution in [1.82, 2.24) is 10.2 Å². The Balaban J connectivity index is 1.62. The SMILES string of the molecule is CC1CCC(CNC2CC2)(CN2CC(C)OCC2C)CC1. The minimum Gasteiger partial charge on any atom is -0.376 e. The highest BCUT2D eigenvalue weighted by atomic mass is 16.5. The molecule has 1 N–H and O–H groups in total. The largest absolute Gasteiger partial charge is 0.376 e. The Bertz CT molecular complexity index is 334. The van der Waals surface area contributed by atoms with Crippen LogP contribution in [0.5, 0.6) is 0 Å².